The zero-order chi connectivity index (χ0) is 26.9. The van der Waals surface area contributed by atoms with Gasteiger partial charge in [-0.15, -0.1) is 0 Å². The number of carbonyl (C=O) groups is 2. The van der Waals surface area contributed by atoms with Gasteiger partial charge in [-0.2, -0.15) is 0 Å². The first-order chi connectivity index (χ1) is 19.0. The normalized spacial score (nSPS) is 16.9. The van der Waals surface area contributed by atoms with Crippen molar-refractivity contribution in [3.05, 3.63) is 66.0 Å². The summed E-state index contributed by atoms with van der Waals surface area (Å²) in [6, 6.07) is 11.9. The summed E-state index contributed by atoms with van der Waals surface area (Å²) < 4.78 is 2.27. The molecule has 4 aromatic rings. The van der Waals surface area contributed by atoms with Crippen LogP contribution < -0.4 is 10.6 Å². The van der Waals surface area contributed by atoms with Gasteiger partial charge >= 0.3 is 0 Å². The lowest BCUT2D eigenvalue weighted by Gasteiger charge is -2.28. The fourth-order valence-corrected chi connectivity index (χ4v) is 5.63. The highest BCUT2D eigenvalue weighted by molar-refractivity contribution is 5.97. The molecular formula is C30H33N7O2. The lowest BCUT2D eigenvalue weighted by molar-refractivity contribution is -0.130. The first-order valence-electron chi connectivity index (χ1n) is 13.7. The Morgan fingerprint density at radius 3 is 2.77 bits per heavy atom. The molecule has 1 atom stereocenters. The summed E-state index contributed by atoms with van der Waals surface area (Å²) in [5.41, 5.74) is 5.06. The largest absolute Gasteiger partial charge is 0.350 e. The second-order valence-corrected chi connectivity index (χ2v) is 10.4. The van der Waals surface area contributed by atoms with Crippen molar-refractivity contribution in [2.75, 3.05) is 26.2 Å². The average molecular weight is 524 g/mol. The third kappa shape index (κ3) is 4.90. The zero-order valence-electron chi connectivity index (χ0n) is 22.4. The maximum atomic E-state index is 12.5. The van der Waals surface area contributed by atoms with E-state index in [-0.39, 0.29) is 11.8 Å². The van der Waals surface area contributed by atoms with Gasteiger partial charge in [0, 0.05) is 61.9 Å². The molecule has 39 heavy (non-hydrogen) atoms. The van der Waals surface area contributed by atoms with Gasteiger partial charge in [-0.1, -0.05) is 25.1 Å². The van der Waals surface area contributed by atoms with Gasteiger partial charge in [0.15, 0.2) is 0 Å². The number of hydrogen-bond acceptors (Lipinski definition) is 6. The zero-order valence-corrected chi connectivity index (χ0v) is 22.4. The first-order valence-corrected chi connectivity index (χ1v) is 13.7. The summed E-state index contributed by atoms with van der Waals surface area (Å²) in [7, 11) is 0. The molecule has 1 saturated heterocycles. The van der Waals surface area contributed by atoms with Crippen LogP contribution in [0, 0.1) is 5.92 Å². The molecule has 2 N–H and O–H groups in total. The Labute approximate surface area is 227 Å². The van der Waals surface area contributed by atoms with Crippen LogP contribution in [0.15, 0.2) is 48.8 Å². The minimum Gasteiger partial charge on any atom is -0.350 e. The van der Waals surface area contributed by atoms with Crippen molar-refractivity contribution in [1.29, 1.82) is 0 Å². The number of hydrogen-bond donors (Lipinski definition) is 2. The van der Waals surface area contributed by atoms with Crippen LogP contribution in [0.3, 0.4) is 0 Å². The molecule has 0 saturated carbocycles. The Hall–Kier alpha value is -4.11. The Bertz CT molecular complexity index is 1540. The van der Waals surface area contributed by atoms with Crippen LogP contribution in [0.5, 0.6) is 0 Å². The fraction of sp³-hybridized carbons (Fsp3) is 0.367. The second-order valence-electron chi connectivity index (χ2n) is 10.4. The molecule has 0 radical (unpaired) electrons. The van der Waals surface area contributed by atoms with E-state index in [1.165, 1.54) is 0 Å². The van der Waals surface area contributed by atoms with Crippen molar-refractivity contribution in [1.82, 2.24) is 35.1 Å². The maximum absolute atomic E-state index is 12.5. The molecular weight excluding hydrogens is 490 g/mol. The number of rotatable bonds is 6. The predicted octanol–water partition coefficient (Wildman–Crippen LogP) is 3.42. The Morgan fingerprint density at radius 1 is 1.13 bits per heavy atom. The summed E-state index contributed by atoms with van der Waals surface area (Å²) in [5.74, 6) is 1.45. The van der Waals surface area contributed by atoms with Gasteiger partial charge in [-0.05, 0) is 49.0 Å². The highest BCUT2D eigenvalue weighted by atomic mass is 16.2. The molecule has 6 rings (SSSR count). The molecule has 2 amide bonds. The van der Waals surface area contributed by atoms with Gasteiger partial charge < -0.3 is 20.1 Å². The topological polar surface area (TPSA) is 105 Å². The number of nitrogens with zero attached hydrogens (tertiary/aromatic N) is 5. The number of aromatic nitrogens is 4. The van der Waals surface area contributed by atoms with Crippen LogP contribution in [0.25, 0.3) is 33.3 Å². The molecule has 9 heteroatoms. The molecule has 2 aliphatic rings. The van der Waals surface area contributed by atoms with Gasteiger partial charge in [0.25, 0.3) is 5.91 Å². The monoisotopic (exact) mass is 523 g/mol. The molecule has 0 unspecified atom stereocenters. The second kappa shape index (κ2) is 10.6. The highest BCUT2D eigenvalue weighted by Crippen LogP contribution is 2.34. The Balaban J connectivity index is 1.27. The lowest BCUT2D eigenvalue weighted by Crippen LogP contribution is -2.37. The van der Waals surface area contributed by atoms with E-state index < -0.39 is 0 Å². The Kier molecular flexibility index (Phi) is 6.83. The van der Waals surface area contributed by atoms with Crippen molar-refractivity contribution in [2.45, 2.75) is 39.8 Å². The molecule has 5 heterocycles. The fourth-order valence-electron chi connectivity index (χ4n) is 5.63. The predicted molar refractivity (Wildman–Crippen MR) is 150 cm³/mol. The number of benzene rings is 1. The summed E-state index contributed by atoms with van der Waals surface area (Å²) >= 11 is 0. The van der Waals surface area contributed by atoms with Crippen LogP contribution in [0.4, 0.5) is 0 Å². The number of amides is 2. The van der Waals surface area contributed by atoms with Crippen LogP contribution in [0.1, 0.15) is 42.3 Å². The van der Waals surface area contributed by atoms with Gasteiger partial charge in [0.05, 0.1) is 23.6 Å². The minimum atomic E-state index is -0.150. The van der Waals surface area contributed by atoms with E-state index in [4.69, 9.17) is 9.97 Å². The van der Waals surface area contributed by atoms with Gasteiger partial charge in [0.2, 0.25) is 5.91 Å². The third-order valence-electron chi connectivity index (χ3n) is 7.87. The molecule has 1 aromatic carbocycles. The van der Waals surface area contributed by atoms with Gasteiger partial charge in [-0.25, -0.2) is 4.98 Å². The van der Waals surface area contributed by atoms with Crippen LogP contribution >= 0.6 is 0 Å². The maximum Gasteiger partial charge on any atom is 0.269 e. The van der Waals surface area contributed by atoms with E-state index in [1.54, 1.807) is 19.2 Å². The van der Waals surface area contributed by atoms with E-state index >= 15 is 0 Å². The number of pyridine rings is 2. The van der Waals surface area contributed by atoms with Gasteiger partial charge in [0.1, 0.15) is 11.5 Å². The standard InChI is InChI=1S/C30H33N7O2/c1-3-28-35-29(27-18-36(19(2)38)11-12-37(27)28)23-6-4-5-21-13-26(33-17-24(21)23)22-7-8-25(32-16-22)30(39)34-15-20-9-10-31-14-20/h4-8,13,16-17,20,31H,3,9-12,14-15,18H2,1-2H3,(H,34,39)/t20-/m0/s1. The van der Waals surface area contributed by atoms with E-state index in [0.717, 1.165) is 77.3 Å². The highest BCUT2D eigenvalue weighted by Gasteiger charge is 2.26. The first kappa shape index (κ1) is 25.2. The van der Waals surface area contributed by atoms with Crippen molar-refractivity contribution < 1.29 is 9.59 Å². The number of imidazole rings is 1. The molecule has 9 nitrogen and oxygen atoms in total. The van der Waals surface area contributed by atoms with E-state index in [2.05, 4.69) is 39.2 Å². The SMILES string of the molecule is CCc1nc(-c2cccc3cc(-c4ccc(C(=O)NC[C@H]5CCNC5)nc4)ncc23)c2n1CCN(C(C)=O)C2. The Morgan fingerprint density at radius 2 is 2.03 bits per heavy atom. The number of fused-ring (bicyclic) bond motifs is 2. The van der Waals surface area contributed by atoms with Crippen LogP contribution in [0.2, 0.25) is 0 Å². The molecule has 200 valence electrons. The van der Waals surface area contributed by atoms with E-state index in [0.29, 0.717) is 31.2 Å². The van der Waals surface area contributed by atoms with Crippen molar-refractivity contribution in [2.24, 2.45) is 5.92 Å². The summed E-state index contributed by atoms with van der Waals surface area (Å²) in [4.78, 5) is 40.7. The molecule has 2 aliphatic heterocycles. The molecule has 3 aromatic heterocycles. The van der Waals surface area contributed by atoms with Crippen LogP contribution in [-0.4, -0.2) is 62.4 Å². The molecule has 0 aliphatic carbocycles. The number of carbonyl (C=O) groups excluding carboxylic acids is 2. The third-order valence-corrected chi connectivity index (χ3v) is 7.87. The van der Waals surface area contributed by atoms with Crippen molar-refractivity contribution >= 4 is 22.6 Å². The molecule has 1 fully saturated rings. The molecule has 0 bridgehead atoms. The van der Waals surface area contributed by atoms with E-state index in [9.17, 15) is 9.59 Å². The summed E-state index contributed by atoms with van der Waals surface area (Å²) in [5, 5.41) is 8.37. The summed E-state index contributed by atoms with van der Waals surface area (Å²) in [6.45, 7) is 8.38. The smallest absolute Gasteiger partial charge is 0.269 e. The average Bonchev–Trinajstić information content (AvgIpc) is 3.63. The number of aryl methyl sites for hydroxylation is 1. The number of nitrogens with one attached hydrogen (secondary N) is 2. The quantitative estimate of drug-likeness (QED) is 0.401. The molecule has 0 spiro atoms. The summed E-state index contributed by atoms with van der Waals surface area (Å²) in [6.07, 6.45) is 5.51. The minimum absolute atomic E-state index is 0.0823. The van der Waals surface area contributed by atoms with E-state index in [1.807, 2.05) is 29.3 Å². The van der Waals surface area contributed by atoms with Crippen LogP contribution in [-0.2, 0) is 24.3 Å². The van der Waals surface area contributed by atoms with Gasteiger partial charge in [-0.3, -0.25) is 19.6 Å². The van der Waals surface area contributed by atoms with Crippen molar-refractivity contribution in [3.63, 3.8) is 0 Å². The lowest BCUT2D eigenvalue weighted by atomic mass is 10.0. The van der Waals surface area contributed by atoms with Crippen molar-refractivity contribution in [3.8, 4) is 22.5 Å².